The van der Waals surface area contributed by atoms with E-state index in [1.807, 2.05) is 7.05 Å². The highest BCUT2D eigenvalue weighted by Crippen LogP contribution is 2.20. The third-order valence-electron chi connectivity index (χ3n) is 3.58. The highest BCUT2D eigenvalue weighted by Gasteiger charge is 2.26. The van der Waals surface area contributed by atoms with Crippen LogP contribution in [0.25, 0.3) is 0 Å². The Labute approximate surface area is 101 Å². The summed E-state index contributed by atoms with van der Waals surface area (Å²) in [5.74, 6) is 0. The van der Waals surface area contributed by atoms with Gasteiger partial charge in [-0.1, -0.05) is 13.3 Å². The largest absolute Gasteiger partial charge is 0.372 e. The Morgan fingerprint density at radius 3 is 2.69 bits per heavy atom. The van der Waals surface area contributed by atoms with Gasteiger partial charge in [-0.3, -0.25) is 0 Å². The summed E-state index contributed by atoms with van der Waals surface area (Å²) in [7, 11) is 4.21. The van der Waals surface area contributed by atoms with Gasteiger partial charge in [0.2, 0.25) is 0 Å². The van der Waals surface area contributed by atoms with Crippen LogP contribution in [0.2, 0.25) is 0 Å². The van der Waals surface area contributed by atoms with E-state index in [4.69, 9.17) is 4.74 Å². The molecular formula is C13H28N2O. The Bertz CT molecular complexity index is 187. The van der Waals surface area contributed by atoms with Crippen LogP contribution in [0.5, 0.6) is 0 Å². The molecule has 0 aliphatic carbocycles. The van der Waals surface area contributed by atoms with E-state index in [0.717, 1.165) is 13.1 Å². The summed E-state index contributed by atoms with van der Waals surface area (Å²) in [5, 5.41) is 3.19. The van der Waals surface area contributed by atoms with Crippen LogP contribution in [0.4, 0.5) is 0 Å². The van der Waals surface area contributed by atoms with E-state index in [1.54, 1.807) is 0 Å². The van der Waals surface area contributed by atoms with E-state index in [-0.39, 0.29) is 0 Å². The highest BCUT2D eigenvalue weighted by atomic mass is 16.5. The lowest BCUT2D eigenvalue weighted by Crippen LogP contribution is -2.36. The highest BCUT2D eigenvalue weighted by molar-refractivity contribution is 4.78. The fourth-order valence-corrected chi connectivity index (χ4v) is 2.43. The molecule has 0 amide bonds. The van der Waals surface area contributed by atoms with Gasteiger partial charge in [-0.25, -0.2) is 0 Å². The van der Waals surface area contributed by atoms with E-state index in [2.05, 4.69) is 31.1 Å². The summed E-state index contributed by atoms with van der Waals surface area (Å²) in [6, 6.07) is 0.678. The fourth-order valence-electron chi connectivity index (χ4n) is 2.43. The van der Waals surface area contributed by atoms with Crippen molar-refractivity contribution in [2.24, 2.45) is 0 Å². The van der Waals surface area contributed by atoms with E-state index < -0.39 is 0 Å². The molecule has 0 saturated carbocycles. The minimum atomic E-state index is 0.435. The molecule has 16 heavy (non-hydrogen) atoms. The van der Waals surface area contributed by atoms with Crippen LogP contribution in [-0.2, 0) is 4.74 Å². The van der Waals surface area contributed by atoms with Crippen molar-refractivity contribution < 1.29 is 4.74 Å². The molecule has 0 spiro atoms. The molecule has 1 fully saturated rings. The average Bonchev–Trinajstić information content (AvgIpc) is 2.66. The number of hydrogen-bond acceptors (Lipinski definition) is 3. The zero-order valence-corrected chi connectivity index (χ0v) is 11.3. The quantitative estimate of drug-likeness (QED) is 0.720. The Kier molecular flexibility index (Phi) is 6.32. The van der Waals surface area contributed by atoms with Crippen LogP contribution < -0.4 is 5.32 Å². The maximum Gasteiger partial charge on any atom is 0.0707 e. The molecule has 96 valence electrons. The first-order valence-corrected chi connectivity index (χ1v) is 6.67. The monoisotopic (exact) mass is 228 g/mol. The summed E-state index contributed by atoms with van der Waals surface area (Å²) < 4.78 is 6.00. The third-order valence-corrected chi connectivity index (χ3v) is 3.58. The number of hydrogen-bond donors (Lipinski definition) is 1. The van der Waals surface area contributed by atoms with Crippen molar-refractivity contribution in [1.29, 1.82) is 0 Å². The Hall–Kier alpha value is -0.120. The van der Waals surface area contributed by atoms with Crippen molar-refractivity contribution in [1.82, 2.24) is 10.2 Å². The van der Waals surface area contributed by atoms with Crippen LogP contribution in [0.1, 0.15) is 39.5 Å². The minimum Gasteiger partial charge on any atom is -0.372 e. The lowest BCUT2D eigenvalue weighted by Gasteiger charge is -2.27. The molecule has 3 atom stereocenters. The second kappa shape index (κ2) is 7.25. The lowest BCUT2D eigenvalue weighted by molar-refractivity contribution is 0.0220. The summed E-state index contributed by atoms with van der Waals surface area (Å²) in [5.41, 5.74) is 0. The molecule has 1 rings (SSSR count). The molecule has 1 aliphatic heterocycles. The molecule has 1 heterocycles. The predicted octanol–water partition coefficient (Wildman–Crippen LogP) is 1.87. The maximum atomic E-state index is 6.00. The zero-order valence-electron chi connectivity index (χ0n) is 11.3. The second-order valence-electron chi connectivity index (χ2n) is 5.09. The van der Waals surface area contributed by atoms with E-state index >= 15 is 0 Å². The van der Waals surface area contributed by atoms with Crippen LogP contribution in [0.15, 0.2) is 0 Å². The number of likely N-dealkylation sites (N-methyl/N-ethyl adjacent to an activating group) is 2. The first kappa shape index (κ1) is 13.9. The van der Waals surface area contributed by atoms with Gasteiger partial charge in [0.05, 0.1) is 12.2 Å². The van der Waals surface area contributed by atoms with Crippen LogP contribution in [0.3, 0.4) is 0 Å². The lowest BCUT2D eigenvalue weighted by atomic mass is 10.1. The van der Waals surface area contributed by atoms with Crippen LogP contribution in [0, 0.1) is 0 Å². The summed E-state index contributed by atoms with van der Waals surface area (Å²) >= 11 is 0. The number of nitrogens with zero attached hydrogens (tertiary/aromatic N) is 1. The number of ether oxygens (including phenoxy) is 1. The fraction of sp³-hybridized carbons (Fsp3) is 1.00. The van der Waals surface area contributed by atoms with Crippen molar-refractivity contribution in [3.05, 3.63) is 0 Å². The van der Waals surface area contributed by atoms with Gasteiger partial charge in [0, 0.05) is 19.1 Å². The Morgan fingerprint density at radius 1 is 1.38 bits per heavy atom. The molecule has 3 nitrogen and oxygen atoms in total. The van der Waals surface area contributed by atoms with Gasteiger partial charge in [-0.05, 0) is 40.3 Å². The van der Waals surface area contributed by atoms with Gasteiger partial charge >= 0.3 is 0 Å². The Balaban J connectivity index is 2.22. The van der Waals surface area contributed by atoms with Gasteiger partial charge in [-0.15, -0.1) is 0 Å². The van der Waals surface area contributed by atoms with Crippen molar-refractivity contribution >= 4 is 0 Å². The summed E-state index contributed by atoms with van der Waals surface area (Å²) in [6.45, 7) is 6.63. The summed E-state index contributed by atoms with van der Waals surface area (Å²) in [4.78, 5) is 2.44. The molecule has 1 aliphatic rings. The van der Waals surface area contributed by atoms with E-state index in [0.29, 0.717) is 18.2 Å². The molecule has 0 bridgehead atoms. The zero-order chi connectivity index (χ0) is 12.0. The molecule has 0 aromatic carbocycles. The van der Waals surface area contributed by atoms with Crippen molar-refractivity contribution in [2.75, 3.05) is 27.2 Å². The SMILES string of the molecule is CCCC(C)N(C)CC1CCC(CNC)O1. The van der Waals surface area contributed by atoms with Crippen molar-refractivity contribution in [2.45, 2.75) is 57.8 Å². The van der Waals surface area contributed by atoms with Crippen LogP contribution >= 0.6 is 0 Å². The van der Waals surface area contributed by atoms with Gasteiger partial charge < -0.3 is 15.0 Å². The third kappa shape index (κ3) is 4.40. The molecule has 1 saturated heterocycles. The predicted molar refractivity (Wildman–Crippen MR) is 68.8 cm³/mol. The molecule has 3 unspecified atom stereocenters. The smallest absolute Gasteiger partial charge is 0.0707 e. The van der Waals surface area contributed by atoms with Gasteiger partial charge in [-0.2, -0.15) is 0 Å². The topological polar surface area (TPSA) is 24.5 Å². The molecule has 0 radical (unpaired) electrons. The van der Waals surface area contributed by atoms with Crippen LogP contribution in [-0.4, -0.2) is 50.3 Å². The molecule has 0 aromatic rings. The van der Waals surface area contributed by atoms with E-state index in [9.17, 15) is 0 Å². The molecular weight excluding hydrogens is 200 g/mol. The average molecular weight is 228 g/mol. The number of rotatable bonds is 7. The second-order valence-corrected chi connectivity index (χ2v) is 5.09. The summed E-state index contributed by atoms with van der Waals surface area (Å²) in [6.07, 6.45) is 5.85. The molecule has 1 N–H and O–H groups in total. The van der Waals surface area contributed by atoms with Crippen molar-refractivity contribution in [3.8, 4) is 0 Å². The Morgan fingerprint density at radius 2 is 2.06 bits per heavy atom. The van der Waals surface area contributed by atoms with Gasteiger partial charge in [0.25, 0.3) is 0 Å². The maximum absolute atomic E-state index is 6.00. The first-order chi connectivity index (χ1) is 7.67. The van der Waals surface area contributed by atoms with Gasteiger partial charge in [0.15, 0.2) is 0 Å². The minimum absolute atomic E-state index is 0.435. The normalized spacial score (nSPS) is 27.6. The molecule has 3 heteroatoms. The van der Waals surface area contributed by atoms with Gasteiger partial charge in [0.1, 0.15) is 0 Å². The van der Waals surface area contributed by atoms with Crippen molar-refractivity contribution in [3.63, 3.8) is 0 Å². The first-order valence-electron chi connectivity index (χ1n) is 6.67. The molecule has 0 aromatic heterocycles. The standard InChI is InChI=1S/C13H28N2O/c1-5-6-11(2)15(4)10-13-8-7-12(16-13)9-14-3/h11-14H,5-10H2,1-4H3. The number of nitrogens with one attached hydrogen (secondary N) is 1. The van der Waals surface area contributed by atoms with E-state index in [1.165, 1.54) is 25.7 Å².